The van der Waals surface area contributed by atoms with Crippen molar-refractivity contribution in [1.29, 1.82) is 0 Å². The fourth-order valence-corrected chi connectivity index (χ4v) is 3.34. The largest absolute Gasteiger partial charge is 0.350 e. The van der Waals surface area contributed by atoms with Gasteiger partial charge in [0, 0.05) is 29.9 Å². The summed E-state index contributed by atoms with van der Waals surface area (Å²) in [4.78, 5) is 4.81. The number of anilines is 1. The Balaban J connectivity index is 2.08. The van der Waals surface area contributed by atoms with E-state index in [9.17, 15) is 0 Å². The lowest BCUT2D eigenvalue weighted by atomic mass is 10.1. The van der Waals surface area contributed by atoms with Gasteiger partial charge in [0.25, 0.3) is 0 Å². The quantitative estimate of drug-likeness (QED) is 0.853. The van der Waals surface area contributed by atoms with E-state index in [2.05, 4.69) is 40.0 Å². The molecule has 0 saturated carbocycles. The number of rotatable bonds is 2. The summed E-state index contributed by atoms with van der Waals surface area (Å²) < 4.78 is 0. The molecule has 1 aromatic carbocycles. The monoisotopic (exact) mass is 304 g/mol. The Morgan fingerprint density at radius 1 is 1.19 bits per heavy atom. The Hall–Kier alpha value is -1.39. The molecule has 0 radical (unpaired) electrons. The topological polar surface area (TPSA) is 32.3 Å². The molecule has 0 spiro atoms. The van der Waals surface area contributed by atoms with Crippen molar-refractivity contribution in [2.24, 2.45) is 0 Å². The van der Waals surface area contributed by atoms with Crippen LogP contribution in [0, 0.1) is 0 Å². The number of hydrogen-bond acceptors (Lipinski definition) is 4. The van der Waals surface area contributed by atoms with Gasteiger partial charge in [0.1, 0.15) is 0 Å². The highest BCUT2D eigenvalue weighted by molar-refractivity contribution is 6.34. The van der Waals surface area contributed by atoms with E-state index in [-0.39, 0.29) is 0 Å². The Labute approximate surface area is 130 Å². The standard InChI is InChI=1S/C16H21ClN4/c1-3-12-11-20(2)9-6-10-21(12)16-14-8-5-4-7-13(14)15(17)18-19-16/h4-5,7-8,12H,3,6,9-11H2,1-2H3. The number of fused-ring (bicyclic) bond motifs is 1. The van der Waals surface area contributed by atoms with E-state index >= 15 is 0 Å². The molecule has 1 saturated heterocycles. The van der Waals surface area contributed by atoms with Crippen LogP contribution in [0.15, 0.2) is 24.3 Å². The average Bonchev–Trinajstić information content (AvgIpc) is 2.69. The van der Waals surface area contributed by atoms with E-state index in [0.29, 0.717) is 11.2 Å². The number of likely N-dealkylation sites (N-methyl/N-ethyl adjacent to an activating group) is 1. The molecule has 1 aliphatic rings. The molecule has 4 nitrogen and oxygen atoms in total. The van der Waals surface area contributed by atoms with E-state index in [1.165, 1.54) is 0 Å². The van der Waals surface area contributed by atoms with Crippen LogP contribution < -0.4 is 4.90 Å². The van der Waals surface area contributed by atoms with Crippen LogP contribution in [0.4, 0.5) is 5.82 Å². The molecule has 21 heavy (non-hydrogen) atoms. The van der Waals surface area contributed by atoms with Gasteiger partial charge in [0.15, 0.2) is 11.0 Å². The van der Waals surface area contributed by atoms with Crippen molar-refractivity contribution in [3.05, 3.63) is 29.4 Å². The summed E-state index contributed by atoms with van der Waals surface area (Å²) in [6.07, 6.45) is 2.24. The highest BCUT2D eigenvalue weighted by Gasteiger charge is 2.25. The highest BCUT2D eigenvalue weighted by atomic mass is 35.5. The van der Waals surface area contributed by atoms with E-state index in [1.54, 1.807) is 0 Å². The summed E-state index contributed by atoms with van der Waals surface area (Å²) in [6, 6.07) is 8.60. The van der Waals surface area contributed by atoms with Crippen LogP contribution in [-0.2, 0) is 0 Å². The maximum absolute atomic E-state index is 6.19. The second kappa shape index (κ2) is 6.16. The maximum atomic E-state index is 6.19. The molecule has 1 unspecified atom stereocenters. The summed E-state index contributed by atoms with van der Waals surface area (Å²) in [6.45, 7) is 5.45. The minimum Gasteiger partial charge on any atom is -0.350 e. The first-order chi connectivity index (χ1) is 10.2. The predicted molar refractivity (Wildman–Crippen MR) is 88.1 cm³/mol. The third kappa shape index (κ3) is 2.83. The van der Waals surface area contributed by atoms with Gasteiger partial charge in [-0.1, -0.05) is 42.8 Å². The Morgan fingerprint density at radius 3 is 2.71 bits per heavy atom. The minimum absolute atomic E-state index is 0.469. The summed E-state index contributed by atoms with van der Waals surface area (Å²) in [5, 5.41) is 11.1. The molecular weight excluding hydrogens is 284 g/mol. The van der Waals surface area contributed by atoms with E-state index in [4.69, 9.17) is 11.6 Å². The summed E-state index contributed by atoms with van der Waals surface area (Å²) in [7, 11) is 2.19. The molecule has 3 rings (SSSR count). The molecule has 0 N–H and O–H groups in total. The van der Waals surface area contributed by atoms with Crippen molar-refractivity contribution in [3.63, 3.8) is 0 Å². The molecule has 112 valence electrons. The Morgan fingerprint density at radius 2 is 1.95 bits per heavy atom. The van der Waals surface area contributed by atoms with Crippen molar-refractivity contribution in [2.75, 3.05) is 31.6 Å². The van der Waals surface area contributed by atoms with Gasteiger partial charge in [-0.2, -0.15) is 0 Å². The van der Waals surface area contributed by atoms with Gasteiger partial charge in [-0.25, -0.2) is 0 Å². The first kappa shape index (κ1) is 14.5. The van der Waals surface area contributed by atoms with Crippen LogP contribution in [0.5, 0.6) is 0 Å². The van der Waals surface area contributed by atoms with Crippen molar-refractivity contribution in [1.82, 2.24) is 15.1 Å². The van der Waals surface area contributed by atoms with Gasteiger partial charge in [0.05, 0.1) is 0 Å². The van der Waals surface area contributed by atoms with Gasteiger partial charge >= 0.3 is 0 Å². The third-order valence-electron chi connectivity index (χ3n) is 4.27. The van der Waals surface area contributed by atoms with E-state index in [0.717, 1.165) is 49.1 Å². The van der Waals surface area contributed by atoms with Crippen LogP contribution >= 0.6 is 11.6 Å². The summed E-state index contributed by atoms with van der Waals surface area (Å²) in [5.74, 6) is 0.970. The molecule has 1 aliphatic heterocycles. The second-order valence-corrected chi connectivity index (χ2v) is 6.09. The third-order valence-corrected chi connectivity index (χ3v) is 4.55. The molecule has 2 heterocycles. The molecule has 1 aromatic heterocycles. The predicted octanol–water partition coefficient (Wildman–Crippen LogP) is 3.20. The molecule has 1 fully saturated rings. The zero-order valence-corrected chi connectivity index (χ0v) is 13.3. The van der Waals surface area contributed by atoms with Crippen LogP contribution in [-0.4, -0.2) is 47.8 Å². The molecular formula is C16H21ClN4. The fraction of sp³-hybridized carbons (Fsp3) is 0.500. The molecule has 5 heteroatoms. The van der Waals surface area contributed by atoms with Gasteiger partial charge < -0.3 is 9.80 Å². The van der Waals surface area contributed by atoms with Crippen molar-refractivity contribution >= 4 is 28.2 Å². The zero-order valence-electron chi connectivity index (χ0n) is 12.6. The van der Waals surface area contributed by atoms with Crippen LogP contribution in [0.2, 0.25) is 5.15 Å². The lowest BCUT2D eigenvalue weighted by molar-refractivity contribution is 0.327. The molecule has 0 aliphatic carbocycles. The number of aromatic nitrogens is 2. The first-order valence-electron chi connectivity index (χ1n) is 7.56. The average molecular weight is 305 g/mol. The normalized spacial score (nSPS) is 20.7. The van der Waals surface area contributed by atoms with E-state index < -0.39 is 0 Å². The number of benzene rings is 1. The van der Waals surface area contributed by atoms with Gasteiger partial charge in [-0.3, -0.25) is 0 Å². The van der Waals surface area contributed by atoms with Crippen LogP contribution in [0.25, 0.3) is 10.8 Å². The fourth-order valence-electron chi connectivity index (χ4n) is 3.14. The lowest BCUT2D eigenvalue weighted by Gasteiger charge is -2.31. The molecule has 2 aromatic rings. The van der Waals surface area contributed by atoms with Crippen molar-refractivity contribution in [3.8, 4) is 0 Å². The zero-order chi connectivity index (χ0) is 14.8. The van der Waals surface area contributed by atoms with Gasteiger partial charge in [-0.15, -0.1) is 10.2 Å². The van der Waals surface area contributed by atoms with Gasteiger partial charge in [0.2, 0.25) is 0 Å². The highest BCUT2D eigenvalue weighted by Crippen LogP contribution is 2.30. The summed E-state index contributed by atoms with van der Waals surface area (Å²) >= 11 is 6.19. The van der Waals surface area contributed by atoms with E-state index in [1.807, 2.05) is 18.2 Å². The van der Waals surface area contributed by atoms with Crippen LogP contribution in [0.1, 0.15) is 19.8 Å². The molecule has 0 amide bonds. The number of halogens is 1. The summed E-state index contributed by atoms with van der Waals surface area (Å²) in [5.41, 5.74) is 0. The van der Waals surface area contributed by atoms with Crippen molar-refractivity contribution < 1.29 is 0 Å². The lowest BCUT2D eigenvalue weighted by Crippen LogP contribution is -2.40. The second-order valence-electron chi connectivity index (χ2n) is 5.73. The molecule has 0 bridgehead atoms. The SMILES string of the molecule is CCC1CN(C)CCCN1c1nnc(Cl)c2ccccc12. The smallest absolute Gasteiger partial charge is 0.159 e. The van der Waals surface area contributed by atoms with Gasteiger partial charge in [-0.05, 0) is 26.4 Å². The maximum Gasteiger partial charge on any atom is 0.159 e. The molecule has 1 atom stereocenters. The minimum atomic E-state index is 0.469. The Bertz CT molecular complexity index is 631. The van der Waals surface area contributed by atoms with Crippen LogP contribution in [0.3, 0.4) is 0 Å². The first-order valence-corrected chi connectivity index (χ1v) is 7.94. The number of nitrogens with zero attached hydrogens (tertiary/aromatic N) is 4. The Kier molecular flexibility index (Phi) is 4.27. The van der Waals surface area contributed by atoms with Crippen molar-refractivity contribution in [2.45, 2.75) is 25.8 Å². The number of hydrogen-bond donors (Lipinski definition) is 0.